The van der Waals surface area contributed by atoms with Crippen LogP contribution in [0.1, 0.15) is 36.7 Å². The van der Waals surface area contributed by atoms with Gasteiger partial charge in [0.15, 0.2) is 25.1 Å². The average Bonchev–Trinajstić information content (AvgIpc) is 2.77. The zero-order chi connectivity index (χ0) is 26.6. The summed E-state index contributed by atoms with van der Waals surface area (Å²) in [6.45, 7) is 8.74. The number of halogens is 5. The molecule has 0 saturated carbocycles. The van der Waals surface area contributed by atoms with E-state index in [1.165, 1.54) is 18.2 Å². The fraction of sp³-hybridized carbons (Fsp3) is 0.417. The Morgan fingerprint density at radius 1 is 1.11 bits per heavy atom. The molecule has 2 N–H and O–H groups in total. The third kappa shape index (κ3) is 6.90. The minimum atomic E-state index is -3.46. The Bertz CT molecular complexity index is 1050. The standard InChI is InChI=1S/C24H29BrF4N2O2SSi/c1-23(2,3)35(4,5)33-14-19(27)24(21(28)29,17-13-16(25)11-12-18(17)26)31-22(34)30-20(32)15-9-7-6-8-10-15/h6-13,19,21H,14H2,1-5H3,(H2,30,31,32,34)/t19-,24-/m1/s1. The van der Waals surface area contributed by atoms with Gasteiger partial charge in [0.05, 0.1) is 6.61 Å². The third-order valence-corrected chi connectivity index (χ3v) is 11.4. The molecule has 4 nitrogen and oxygen atoms in total. The Kier molecular flexibility index (Phi) is 9.65. The molecule has 0 aromatic heterocycles. The third-order valence-electron chi connectivity index (χ3n) is 6.19. The molecule has 35 heavy (non-hydrogen) atoms. The molecule has 0 aliphatic rings. The number of carbonyl (C=O) groups excluding carboxylic acids is 1. The van der Waals surface area contributed by atoms with Crippen molar-refractivity contribution in [2.45, 2.75) is 57.0 Å². The van der Waals surface area contributed by atoms with Crippen LogP contribution in [0.5, 0.6) is 0 Å². The van der Waals surface area contributed by atoms with Crippen LogP contribution < -0.4 is 10.6 Å². The molecule has 11 heteroatoms. The minimum Gasteiger partial charge on any atom is -0.414 e. The summed E-state index contributed by atoms with van der Waals surface area (Å²) in [5.74, 6) is -1.75. The zero-order valence-electron chi connectivity index (χ0n) is 20.1. The molecule has 0 aliphatic heterocycles. The molecule has 1 amide bonds. The van der Waals surface area contributed by atoms with E-state index in [-0.39, 0.29) is 15.1 Å². The summed E-state index contributed by atoms with van der Waals surface area (Å²) in [6.07, 6.45) is -5.89. The van der Waals surface area contributed by atoms with Gasteiger partial charge in [-0.2, -0.15) is 0 Å². The first-order valence-corrected chi connectivity index (χ1v) is 14.9. The van der Waals surface area contributed by atoms with E-state index in [1.807, 2.05) is 33.9 Å². The summed E-state index contributed by atoms with van der Waals surface area (Å²) in [4.78, 5) is 12.5. The van der Waals surface area contributed by atoms with Crippen molar-refractivity contribution in [3.05, 3.63) is 69.9 Å². The van der Waals surface area contributed by atoms with Crippen LogP contribution in [-0.4, -0.2) is 38.5 Å². The van der Waals surface area contributed by atoms with Crippen LogP contribution in [-0.2, 0) is 9.96 Å². The van der Waals surface area contributed by atoms with E-state index in [0.717, 1.165) is 12.1 Å². The number of alkyl halides is 3. The van der Waals surface area contributed by atoms with Gasteiger partial charge in [-0.3, -0.25) is 10.1 Å². The molecule has 0 bridgehead atoms. The highest BCUT2D eigenvalue weighted by Crippen LogP contribution is 2.40. The molecule has 0 unspecified atom stereocenters. The normalized spacial score (nSPS) is 14.8. The number of amides is 1. The molecule has 0 fully saturated rings. The molecule has 0 aliphatic carbocycles. The summed E-state index contributed by atoms with van der Waals surface area (Å²) in [6, 6.07) is 11.2. The highest BCUT2D eigenvalue weighted by atomic mass is 79.9. The molecule has 2 aromatic rings. The first-order valence-electron chi connectivity index (χ1n) is 10.8. The Morgan fingerprint density at radius 2 is 1.71 bits per heavy atom. The van der Waals surface area contributed by atoms with Gasteiger partial charge in [-0.25, -0.2) is 17.6 Å². The van der Waals surface area contributed by atoms with Gasteiger partial charge in [0.1, 0.15) is 5.82 Å². The van der Waals surface area contributed by atoms with Crippen molar-refractivity contribution in [3.63, 3.8) is 0 Å². The predicted molar refractivity (Wildman–Crippen MR) is 139 cm³/mol. The van der Waals surface area contributed by atoms with E-state index >= 15 is 4.39 Å². The van der Waals surface area contributed by atoms with Crippen LogP contribution in [0.25, 0.3) is 0 Å². The van der Waals surface area contributed by atoms with Gasteiger partial charge in [0, 0.05) is 15.6 Å². The van der Waals surface area contributed by atoms with Crippen molar-refractivity contribution in [2.75, 3.05) is 6.61 Å². The lowest BCUT2D eigenvalue weighted by molar-refractivity contribution is -0.0305. The van der Waals surface area contributed by atoms with Crippen molar-refractivity contribution in [1.82, 2.24) is 10.6 Å². The van der Waals surface area contributed by atoms with Crippen LogP contribution in [0.4, 0.5) is 17.6 Å². The second-order valence-electron chi connectivity index (χ2n) is 9.61. The summed E-state index contributed by atoms with van der Waals surface area (Å²) >= 11 is 8.23. The Hall–Kier alpha value is -1.82. The van der Waals surface area contributed by atoms with Crippen LogP contribution in [0.3, 0.4) is 0 Å². The molecule has 0 saturated heterocycles. The Labute approximate surface area is 218 Å². The van der Waals surface area contributed by atoms with Crippen LogP contribution in [0.2, 0.25) is 18.1 Å². The van der Waals surface area contributed by atoms with Gasteiger partial charge in [-0.05, 0) is 60.7 Å². The van der Waals surface area contributed by atoms with E-state index in [0.29, 0.717) is 0 Å². The fourth-order valence-corrected chi connectivity index (χ4v) is 4.67. The van der Waals surface area contributed by atoms with Gasteiger partial charge in [0.2, 0.25) is 0 Å². The zero-order valence-corrected chi connectivity index (χ0v) is 23.5. The lowest BCUT2D eigenvalue weighted by Crippen LogP contribution is -2.62. The fourth-order valence-electron chi connectivity index (χ4n) is 3.05. The van der Waals surface area contributed by atoms with Gasteiger partial charge >= 0.3 is 0 Å². The summed E-state index contributed by atoms with van der Waals surface area (Å²) in [5, 5.41) is 3.63. The van der Waals surface area contributed by atoms with E-state index in [4.69, 9.17) is 16.6 Å². The largest absolute Gasteiger partial charge is 0.414 e. The number of hydrogen-bond acceptors (Lipinski definition) is 3. The van der Waals surface area contributed by atoms with Gasteiger partial charge < -0.3 is 9.74 Å². The monoisotopic (exact) mass is 592 g/mol. The number of benzene rings is 2. The molecule has 2 aromatic carbocycles. The number of rotatable bonds is 8. The maximum Gasteiger partial charge on any atom is 0.268 e. The molecule has 0 heterocycles. The molecule has 0 radical (unpaired) electrons. The Balaban J connectivity index is 2.47. The van der Waals surface area contributed by atoms with E-state index in [1.54, 1.807) is 18.2 Å². The summed E-state index contributed by atoms with van der Waals surface area (Å²) in [7, 11) is -2.54. The second-order valence-corrected chi connectivity index (χ2v) is 15.7. The average molecular weight is 594 g/mol. The maximum absolute atomic E-state index is 15.9. The van der Waals surface area contributed by atoms with Crippen LogP contribution >= 0.6 is 28.1 Å². The topological polar surface area (TPSA) is 50.4 Å². The summed E-state index contributed by atoms with van der Waals surface area (Å²) in [5.41, 5.74) is -3.37. The first kappa shape index (κ1) is 29.4. The van der Waals surface area contributed by atoms with Crippen LogP contribution in [0, 0.1) is 5.82 Å². The molecular formula is C24H29BrF4N2O2SSi. The van der Waals surface area contributed by atoms with Crippen molar-refractivity contribution in [1.29, 1.82) is 0 Å². The maximum atomic E-state index is 15.9. The number of thiocarbonyl (C=S) groups is 1. The molecule has 192 valence electrons. The molecule has 0 spiro atoms. The lowest BCUT2D eigenvalue weighted by Gasteiger charge is -2.41. The van der Waals surface area contributed by atoms with Gasteiger partial charge in [-0.15, -0.1) is 0 Å². The Morgan fingerprint density at radius 3 is 2.26 bits per heavy atom. The lowest BCUT2D eigenvalue weighted by atomic mass is 9.85. The smallest absolute Gasteiger partial charge is 0.268 e. The number of carbonyl (C=O) groups is 1. The molecule has 2 rings (SSSR count). The van der Waals surface area contributed by atoms with E-state index in [2.05, 4.69) is 26.6 Å². The number of hydrogen-bond donors (Lipinski definition) is 2. The highest BCUT2D eigenvalue weighted by Gasteiger charge is 2.53. The second kappa shape index (κ2) is 11.5. The molecular weight excluding hydrogens is 564 g/mol. The number of nitrogens with one attached hydrogen (secondary N) is 2. The van der Waals surface area contributed by atoms with Crippen molar-refractivity contribution in [2.24, 2.45) is 0 Å². The van der Waals surface area contributed by atoms with Crippen molar-refractivity contribution in [3.8, 4) is 0 Å². The van der Waals surface area contributed by atoms with Gasteiger partial charge in [0.25, 0.3) is 12.3 Å². The minimum absolute atomic E-state index is 0.214. The first-order chi connectivity index (χ1) is 16.1. The molecule has 2 atom stereocenters. The quantitative estimate of drug-likeness (QED) is 0.203. The van der Waals surface area contributed by atoms with Gasteiger partial charge in [-0.1, -0.05) is 54.9 Å². The predicted octanol–water partition coefficient (Wildman–Crippen LogP) is 6.71. The summed E-state index contributed by atoms with van der Waals surface area (Å²) < 4.78 is 66.5. The van der Waals surface area contributed by atoms with Crippen molar-refractivity contribution < 1.29 is 26.8 Å². The van der Waals surface area contributed by atoms with Crippen LogP contribution in [0.15, 0.2) is 53.0 Å². The van der Waals surface area contributed by atoms with Crippen molar-refractivity contribution >= 4 is 47.5 Å². The highest BCUT2D eigenvalue weighted by molar-refractivity contribution is 9.10. The van der Waals surface area contributed by atoms with E-state index < -0.39 is 55.5 Å². The SMILES string of the molecule is CC(C)(C)[Si](C)(C)OC[C@@H](F)[C@](NC(=S)NC(=O)c1ccccc1)(c1cc(Br)ccc1F)C(F)F. The van der Waals surface area contributed by atoms with E-state index in [9.17, 15) is 18.0 Å².